The molecule has 8 heteroatoms. The van der Waals surface area contributed by atoms with Gasteiger partial charge in [0, 0.05) is 42.7 Å². The van der Waals surface area contributed by atoms with Crippen molar-refractivity contribution in [3.8, 4) is 0 Å². The number of nitrogens with one attached hydrogen (secondary N) is 2. The number of urea groups is 1. The number of hydrogen-bond donors (Lipinski definition) is 2. The van der Waals surface area contributed by atoms with Crippen LogP contribution in [-0.4, -0.2) is 53.8 Å². The molecule has 0 unspecified atom stereocenters. The topological polar surface area (TPSA) is 81.8 Å². The van der Waals surface area contributed by atoms with Gasteiger partial charge in [0.25, 0.3) is 5.91 Å². The second-order valence-corrected chi connectivity index (χ2v) is 7.12. The van der Waals surface area contributed by atoms with E-state index in [2.05, 4.69) is 10.9 Å². The van der Waals surface area contributed by atoms with Crippen LogP contribution < -0.4 is 10.9 Å². The van der Waals surface area contributed by atoms with Crippen LogP contribution in [0.15, 0.2) is 24.3 Å². The second kappa shape index (κ2) is 8.40. The molecule has 2 N–H and O–H groups in total. The van der Waals surface area contributed by atoms with Gasteiger partial charge in [0.15, 0.2) is 0 Å². The monoisotopic (exact) mass is 378 g/mol. The van der Waals surface area contributed by atoms with Crippen molar-refractivity contribution in [3.05, 3.63) is 34.9 Å². The number of piperidine rings is 1. The molecule has 0 saturated carbocycles. The Labute approximate surface area is 157 Å². The van der Waals surface area contributed by atoms with Crippen molar-refractivity contribution in [1.29, 1.82) is 0 Å². The molecule has 0 atom stereocenters. The minimum absolute atomic E-state index is 0.0809. The smallest absolute Gasteiger partial charge is 0.319 e. The fourth-order valence-corrected chi connectivity index (χ4v) is 3.46. The van der Waals surface area contributed by atoms with Crippen LogP contribution >= 0.6 is 11.6 Å². The van der Waals surface area contributed by atoms with E-state index in [4.69, 9.17) is 11.6 Å². The number of hydrogen-bond acceptors (Lipinski definition) is 3. The fourth-order valence-electron chi connectivity index (χ4n) is 3.34. The van der Waals surface area contributed by atoms with Gasteiger partial charge < -0.3 is 9.80 Å². The van der Waals surface area contributed by atoms with Crippen LogP contribution in [0.25, 0.3) is 0 Å². The summed E-state index contributed by atoms with van der Waals surface area (Å²) >= 11 is 5.79. The minimum atomic E-state index is -0.392. The van der Waals surface area contributed by atoms with E-state index >= 15 is 0 Å². The molecular formula is C18H23ClN4O3. The Balaban J connectivity index is 1.42. The first-order valence-electron chi connectivity index (χ1n) is 8.94. The zero-order chi connectivity index (χ0) is 18.5. The van der Waals surface area contributed by atoms with Gasteiger partial charge in [-0.05, 0) is 49.9 Å². The van der Waals surface area contributed by atoms with Gasteiger partial charge in [-0.15, -0.1) is 0 Å². The zero-order valence-corrected chi connectivity index (χ0v) is 15.3. The van der Waals surface area contributed by atoms with Crippen molar-refractivity contribution < 1.29 is 14.4 Å². The van der Waals surface area contributed by atoms with Crippen LogP contribution in [0, 0.1) is 5.92 Å². The standard InChI is InChI=1S/C18H23ClN4O3/c19-15-5-3-13(4-6-15)16(24)20-21-17(25)14-7-11-23(12-8-14)18(26)22-9-1-2-10-22/h3-6,14H,1-2,7-12H2,(H,20,24)(H,21,25). The van der Waals surface area contributed by atoms with Gasteiger partial charge in [-0.2, -0.15) is 0 Å². The van der Waals surface area contributed by atoms with Crippen molar-refractivity contribution in [2.45, 2.75) is 25.7 Å². The summed E-state index contributed by atoms with van der Waals surface area (Å²) in [7, 11) is 0. The number of halogens is 1. The Kier molecular flexibility index (Phi) is 5.98. The highest BCUT2D eigenvalue weighted by Gasteiger charge is 2.30. The van der Waals surface area contributed by atoms with Gasteiger partial charge in [0.05, 0.1) is 0 Å². The largest absolute Gasteiger partial charge is 0.325 e. The second-order valence-electron chi connectivity index (χ2n) is 6.69. The summed E-state index contributed by atoms with van der Waals surface area (Å²) < 4.78 is 0. The van der Waals surface area contributed by atoms with E-state index in [9.17, 15) is 14.4 Å². The van der Waals surface area contributed by atoms with Gasteiger partial charge in [0.1, 0.15) is 0 Å². The van der Waals surface area contributed by atoms with E-state index in [1.165, 1.54) is 0 Å². The molecule has 2 saturated heterocycles. The lowest BCUT2D eigenvalue weighted by Gasteiger charge is -2.34. The molecule has 2 aliphatic heterocycles. The van der Waals surface area contributed by atoms with Crippen molar-refractivity contribution in [2.75, 3.05) is 26.2 Å². The lowest BCUT2D eigenvalue weighted by atomic mass is 9.96. The summed E-state index contributed by atoms with van der Waals surface area (Å²) in [5, 5.41) is 0.542. The maximum atomic E-state index is 12.4. The van der Waals surface area contributed by atoms with Gasteiger partial charge in [-0.1, -0.05) is 11.6 Å². The maximum absolute atomic E-state index is 12.4. The van der Waals surface area contributed by atoms with E-state index in [0.29, 0.717) is 36.5 Å². The molecule has 2 heterocycles. The average Bonchev–Trinajstić information content (AvgIpc) is 3.20. The molecule has 1 aromatic carbocycles. The van der Waals surface area contributed by atoms with Crippen LogP contribution in [0.3, 0.4) is 0 Å². The molecule has 2 aliphatic rings. The van der Waals surface area contributed by atoms with Crippen LogP contribution in [0.5, 0.6) is 0 Å². The molecule has 26 heavy (non-hydrogen) atoms. The van der Waals surface area contributed by atoms with E-state index in [-0.39, 0.29) is 17.9 Å². The lowest BCUT2D eigenvalue weighted by Crippen LogP contribution is -2.50. The number of likely N-dealkylation sites (tertiary alicyclic amines) is 2. The summed E-state index contributed by atoms with van der Waals surface area (Å²) in [6.45, 7) is 2.79. The molecule has 0 radical (unpaired) electrons. The molecule has 0 spiro atoms. The third-order valence-corrected chi connectivity index (χ3v) is 5.17. The molecule has 2 fully saturated rings. The van der Waals surface area contributed by atoms with Crippen LogP contribution in [0.1, 0.15) is 36.0 Å². The number of rotatable bonds is 2. The lowest BCUT2D eigenvalue weighted by molar-refractivity contribution is -0.127. The predicted molar refractivity (Wildman–Crippen MR) is 97.6 cm³/mol. The first-order valence-corrected chi connectivity index (χ1v) is 9.32. The molecule has 0 aromatic heterocycles. The molecule has 3 rings (SSSR count). The van der Waals surface area contributed by atoms with Crippen LogP contribution in [-0.2, 0) is 4.79 Å². The zero-order valence-electron chi connectivity index (χ0n) is 14.5. The SMILES string of the molecule is O=C(NNC(=O)C1CCN(C(=O)N2CCCC2)CC1)c1ccc(Cl)cc1. The summed E-state index contributed by atoms with van der Waals surface area (Å²) in [4.78, 5) is 40.3. The maximum Gasteiger partial charge on any atom is 0.319 e. The van der Waals surface area contributed by atoms with E-state index in [1.54, 1.807) is 24.3 Å². The summed E-state index contributed by atoms with van der Waals surface area (Å²) in [5.74, 6) is -0.819. The molecule has 7 nitrogen and oxygen atoms in total. The Morgan fingerprint density at radius 3 is 2.08 bits per heavy atom. The van der Waals surface area contributed by atoms with Crippen molar-refractivity contribution in [2.24, 2.45) is 5.92 Å². The Morgan fingerprint density at radius 2 is 1.46 bits per heavy atom. The van der Waals surface area contributed by atoms with Crippen LogP contribution in [0.2, 0.25) is 5.02 Å². The van der Waals surface area contributed by atoms with E-state index < -0.39 is 5.91 Å². The first kappa shape index (κ1) is 18.5. The van der Waals surface area contributed by atoms with Gasteiger partial charge in [0.2, 0.25) is 5.91 Å². The molecule has 4 amide bonds. The highest BCUT2D eigenvalue weighted by atomic mass is 35.5. The molecule has 1 aromatic rings. The number of benzene rings is 1. The highest BCUT2D eigenvalue weighted by molar-refractivity contribution is 6.30. The minimum Gasteiger partial charge on any atom is -0.325 e. The van der Waals surface area contributed by atoms with Gasteiger partial charge in [-0.3, -0.25) is 20.4 Å². The fraction of sp³-hybridized carbons (Fsp3) is 0.500. The number of carbonyl (C=O) groups is 3. The third kappa shape index (κ3) is 4.46. The quantitative estimate of drug-likeness (QED) is 0.772. The number of amides is 4. The molecule has 0 aliphatic carbocycles. The number of carbonyl (C=O) groups excluding carboxylic acids is 3. The van der Waals surface area contributed by atoms with E-state index in [1.807, 2.05) is 9.80 Å². The van der Waals surface area contributed by atoms with Crippen molar-refractivity contribution >= 4 is 29.4 Å². The van der Waals surface area contributed by atoms with Crippen molar-refractivity contribution in [3.63, 3.8) is 0 Å². The van der Waals surface area contributed by atoms with Crippen LogP contribution in [0.4, 0.5) is 4.79 Å². The third-order valence-electron chi connectivity index (χ3n) is 4.92. The average molecular weight is 379 g/mol. The Bertz CT molecular complexity index is 666. The predicted octanol–water partition coefficient (Wildman–Crippen LogP) is 2.03. The first-order chi connectivity index (χ1) is 12.5. The van der Waals surface area contributed by atoms with Gasteiger partial charge >= 0.3 is 6.03 Å². The highest BCUT2D eigenvalue weighted by Crippen LogP contribution is 2.20. The number of hydrazine groups is 1. The Morgan fingerprint density at radius 1 is 0.885 bits per heavy atom. The summed E-state index contributed by atoms with van der Waals surface area (Å²) in [6, 6.07) is 6.49. The Hall–Kier alpha value is -2.28. The molecular weight excluding hydrogens is 356 g/mol. The van der Waals surface area contributed by atoms with Gasteiger partial charge in [-0.25, -0.2) is 4.79 Å². The summed E-state index contributed by atoms with van der Waals surface area (Å²) in [6.07, 6.45) is 3.33. The van der Waals surface area contributed by atoms with E-state index in [0.717, 1.165) is 25.9 Å². The van der Waals surface area contributed by atoms with Crippen molar-refractivity contribution in [1.82, 2.24) is 20.7 Å². The normalized spacial score (nSPS) is 17.9. The number of nitrogens with zero attached hydrogens (tertiary/aromatic N) is 2. The summed E-state index contributed by atoms with van der Waals surface area (Å²) in [5.41, 5.74) is 5.32. The molecule has 140 valence electrons. The molecule has 0 bridgehead atoms.